The molecule has 6 rings (SSSR count). The van der Waals surface area contributed by atoms with Gasteiger partial charge in [-0.1, -0.05) is 18.2 Å². The quantitative estimate of drug-likeness (QED) is 0.441. The number of aromatic nitrogens is 7. The number of H-pyrrole nitrogens is 2. The van der Waals surface area contributed by atoms with Gasteiger partial charge >= 0.3 is 0 Å². The molecule has 0 unspecified atom stereocenters. The first-order valence-electron chi connectivity index (χ1n) is 9.63. The van der Waals surface area contributed by atoms with Gasteiger partial charge in [0.25, 0.3) is 0 Å². The van der Waals surface area contributed by atoms with E-state index in [1.54, 1.807) is 42.9 Å². The van der Waals surface area contributed by atoms with Crippen molar-refractivity contribution in [1.82, 2.24) is 35.1 Å². The number of imidazole rings is 1. The second kappa shape index (κ2) is 6.81. The zero-order valence-electron chi connectivity index (χ0n) is 16.0. The van der Waals surface area contributed by atoms with E-state index in [0.717, 1.165) is 16.8 Å². The molecule has 8 heteroatoms. The highest BCUT2D eigenvalue weighted by Gasteiger charge is 2.18. The first-order valence-corrected chi connectivity index (χ1v) is 9.63. The Bertz CT molecular complexity index is 1550. The molecule has 0 saturated carbocycles. The largest absolute Gasteiger partial charge is 0.321 e. The van der Waals surface area contributed by atoms with Crippen LogP contribution in [0, 0.1) is 5.82 Å². The van der Waals surface area contributed by atoms with Crippen LogP contribution in [0.2, 0.25) is 0 Å². The van der Waals surface area contributed by atoms with E-state index in [4.69, 9.17) is 9.97 Å². The van der Waals surface area contributed by atoms with Crippen LogP contribution in [0.1, 0.15) is 0 Å². The number of rotatable bonds is 3. The van der Waals surface area contributed by atoms with E-state index in [1.807, 2.05) is 24.3 Å². The van der Waals surface area contributed by atoms with Crippen LogP contribution in [0.15, 0.2) is 73.2 Å². The molecule has 0 amide bonds. The molecule has 7 nitrogen and oxygen atoms in total. The summed E-state index contributed by atoms with van der Waals surface area (Å²) in [6, 6.07) is 16.0. The lowest BCUT2D eigenvalue weighted by Gasteiger charge is -2.03. The average molecular weight is 407 g/mol. The van der Waals surface area contributed by atoms with Crippen molar-refractivity contribution in [3.8, 4) is 33.9 Å². The maximum atomic E-state index is 14.4. The Morgan fingerprint density at radius 3 is 2.52 bits per heavy atom. The lowest BCUT2D eigenvalue weighted by molar-refractivity contribution is 0.631. The number of hydrogen-bond acceptors (Lipinski definition) is 5. The lowest BCUT2D eigenvalue weighted by atomic mass is 10.1. The highest BCUT2D eigenvalue weighted by Crippen LogP contribution is 2.31. The third kappa shape index (κ3) is 2.84. The van der Waals surface area contributed by atoms with Gasteiger partial charge in [0.2, 0.25) is 0 Å². The standard InChI is InChI=1S/C23H14FN7/c24-16-4-2-1-3-14(16)15-9-12-26-22-19(15)28-23(29-22)21-20-18(30-31-21)6-5-17(27-20)13-7-10-25-11-8-13/h1-12H,(H,30,31)(H,26,28,29). The summed E-state index contributed by atoms with van der Waals surface area (Å²) in [7, 11) is 0. The van der Waals surface area contributed by atoms with Gasteiger partial charge in [0, 0.05) is 35.3 Å². The number of fused-ring (bicyclic) bond motifs is 2. The van der Waals surface area contributed by atoms with Gasteiger partial charge in [-0.2, -0.15) is 5.10 Å². The molecule has 2 N–H and O–H groups in total. The minimum absolute atomic E-state index is 0.312. The van der Waals surface area contributed by atoms with E-state index < -0.39 is 0 Å². The first-order chi connectivity index (χ1) is 15.3. The third-order valence-corrected chi connectivity index (χ3v) is 5.16. The molecule has 0 spiro atoms. The molecule has 0 fully saturated rings. The predicted molar refractivity (Wildman–Crippen MR) is 115 cm³/mol. The van der Waals surface area contributed by atoms with Crippen molar-refractivity contribution < 1.29 is 4.39 Å². The highest BCUT2D eigenvalue weighted by atomic mass is 19.1. The summed E-state index contributed by atoms with van der Waals surface area (Å²) in [6.45, 7) is 0. The summed E-state index contributed by atoms with van der Waals surface area (Å²) in [5.74, 6) is 0.199. The van der Waals surface area contributed by atoms with Gasteiger partial charge in [0.15, 0.2) is 17.2 Å². The Labute approximate surface area is 175 Å². The van der Waals surface area contributed by atoms with E-state index >= 15 is 0 Å². The molecular weight excluding hydrogens is 393 g/mol. The molecule has 0 aliphatic rings. The number of halogens is 1. The van der Waals surface area contributed by atoms with Gasteiger partial charge in [0.05, 0.1) is 11.2 Å². The normalized spacial score (nSPS) is 11.4. The third-order valence-electron chi connectivity index (χ3n) is 5.16. The number of aromatic amines is 2. The molecule has 148 valence electrons. The molecule has 31 heavy (non-hydrogen) atoms. The van der Waals surface area contributed by atoms with Crippen molar-refractivity contribution in [3.63, 3.8) is 0 Å². The van der Waals surface area contributed by atoms with E-state index in [9.17, 15) is 4.39 Å². The van der Waals surface area contributed by atoms with Crippen LogP contribution in [0.25, 0.3) is 56.1 Å². The van der Waals surface area contributed by atoms with Crippen molar-refractivity contribution in [2.75, 3.05) is 0 Å². The number of pyridine rings is 3. The summed E-state index contributed by atoms with van der Waals surface area (Å²) >= 11 is 0. The molecule has 0 radical (unpaired) electrons. The van der Waals surface area contributed by atoms with E-state index in [-0.39, 0.29) is 5.82 Å². The summed E-state index contributed by atoms with van der Waals surface area (Å²) in [5.41, 5.74) is 6.06. The van der Waals surface area contributed by atoms with Crippen LogP contribution in [0.4, 0.5) is 4.39 Å². The van der Waals surface area contributed by atoms with Gasteiger partial charge < -0.3 is 4.98 Å². The molecule has 5 aromatic heterocycles. The van der Waals surface area contributed by atoms with Crippen LogP contribution in [-0.4, -0.2) is 35.1 Å². The summed E-state index contributed by atoms with van der Waals surface area (Å²) in [4.78, 5) is 21.1. The van der Waals surface area contributed by atoms with E-state index in [0.29, 0.717) is 39.3 Å². The molecule has 0 atom stereocenters. The minimum atomic E-state index is -0.312. The molecule has 1 aromatic carbocycles. The lowest BCUT2D eigenvalue weighted by Crippen LogP contribution is -1.87. The molecule has 0 saturated heterocycles. The smallest absolute Gasteiger partial charge is 0.162 e. The maximum Gasteiger partial charge on any atom is 0.162 e. The highest BCUT2D eigenvalue weighted by molar-refractivity contribution is 5.95. The Hall–Kier alpha value is -4.46. The fraction of sp³-hybridized carbons (Fsp3) is 0. The summed E-state index contributed by atoms with van der Waals surface area (Å²) in [6.07, 6.45) is 5.09. The Kier molecular flexibility index (Phi) is 3.82. The summed E-state index contributed by atoms with van der Waals surface area (Å²) in [5, 5.41) is 7.42. The monoisotopic (exact) mass is 407 g/mol. The van der Waals surface area contributed by atoms with Crippen LogP contribution in [-0.2, 0) is 0 Å². The van der Waals surface area contributed by atoms with Gasteiger partial charge in [-0.15, -0.1) is 0 Å². The topological polar surface area (TPSA) is 96.0 Å². The zero-order valence-corrected chi connectivity index (χ0v) is 16.0. The van der Waals surface area contributed by atoms with Crippen LogP contribution in [0.3, 0.4) is 0 Å². The molecular formula is C23H14FN7. The van der Waals surface area contributed by atoms with Gasteiger partial charge in [-0.25, -0.2) is 19.3 Å². The fourth-order valence-corrected chi connectivity index (χ4v) is 3.67. The average Bonchev–Trinajstić information content (AvgIpc) is 3.43. The Morgan fingerprint density at radius 1 is 0.774 bits per heavy atom. The summed E-state index contributed by atoms with van der Waals surface area (Å²) < 4.78 is 14.4. The molecule has 0 aliphatic heterocycles. The Morgan fingerprint density at radius 2 is 1.65 bits per heavy atom. The van der Waals surface area contributed by atoms with Crippen LogP contribution >= 0.6 is 0 Å². The second-order valence-corrected chi connectivity index (χ2v) is 7.02. The van der Waals surface area contributed by atoms with E-state index in [1.165, 1.54) is 6.07 Å². The van der Waals surface area contributed by atoms with Crippen molar-refractivity contribution in [2.45, 2.75) is 0 Å². The number of nitrogens with one attached hydrogen (secondary N) is 2. The van der Waals surface area contributed by atoms with Gasteiger partial charge in [-0.3, -0.25) is 10.1 Å². The SMILES string of the molecule is Fc1ccccc1-c1ccnc2[nH]c(-c3n[nH]c4ccc(-c5ccncc5)nc34)nc12. The molecule has 0 aliphatic carbocycles. The van der Waals surface area contributed by atoms with Crippen LogP contribution in [0.5, 0.6) is 0 Å². The molecule has 5 heterocycles. The minimum Gasteiger partial charge on any atom is -0.321 e. The number of benzene rings is 1. The van der Waals surface area contributed by atoms with Gasteiger partial charge in [-0.05, 0) is 36.4 Å². The fourth-order valence-electron chi connectivity index (χ4n) is 3.67. The van der Waals surface area contributed by atoms with Gasteiger partial charge in [0.1, 0.15) is 16.9 Å². The van der Waals surface area contributed by atoms with Crippen molar-refractivity contribution in [1.29, 1.82) is 0 Å². The van der Waals surface area contributed by atoms with Crippen molar-refractivity contribution in [3.05, 3.63) is 79.0 Å². The maximum absolute atomic E-state index is 14.4. The zero-order chi connectivity index (χ0) is 20.8. The molecule has 6 aromatic rings. The predicted octanol–water partition coefficient (Wildman–Crippen LogP) is 4.76. The second-order valence-electron chi connectivity index (χ2n) is 7.02. The first kappa shape index (κ1) is 17.4. The number of hydrogen-bond donors (Lipinski definition) is 2. The van der Waals surface area contributed by atoms with Crippen LogP contribution < -0.4 is 0 Å². The van der Waals surface area contributed by atoms with Crippen molar-refractivity contribution >= 4 is 22.2 Å². The number of nitrogens with zero attached hydrogens (tertiary/aromatic N) is 5. The Balaban J connectivity index is 1.53. The van der Waals surface area contributed by atoms with Crippen molar-refractivity contribution in [2.24, 2.45) is 0 Å². The van der Waals surface area contributed by atoms with E-state index in [2.05, 4.69) is 25.1 Å². The molecule has 0 bridgehead atoms.